The van der Waals surface area contributed by atoms with Crippen molar-refractivity contribution in [3.05, 3.63) is 36.0 Å². The predicted octanol–water partition coefficient (Wildman–Crippen LogP) is 1.81. The number of carbonyl (C=O) groups is 1. The van der Waals surface area contributed by atoms with Gasteiger partial charge in [0.15, 0.2) is 0 Å². The molecule has 0 N–H and O–H groups in total. The van der Waals surface area contributed by atoms with Crippen LogP contribution in [0.25, 0.3) is 10.9 Å². The van der Waals surface area contributed by atoms with Gasteiger partial charge in [0.1, 0.15) is 5.69 Å². The zero-order valence-electron chi connectivity index (χ0n) is 12.6. The highest BCUT2D eigenvalue weighted by Crippen LogP contribution is 2.31. The van der Waals surface area contributed by atoms with Crippen molar-refractivity contribution < 1.29 is 4.79 Å². The maximum atomic E-state index is 12.8. The second-order valence-corrected chi connectivity index (χ2v) is 6.60. The Hall–Kier alpha value is -1.81. The van der Waals surface area contributed by atoms with Crippen LogP contribution < -0.4 is 0 Å². The number of benzene rings is 1. The van der Waals surface area contributed by atoms with Crippen molar-refractivity contribution in [3.63, 3.8) is 0 Å². The summed E-state index contributed by atoms with van der Waals surface area (Å²) in [5.74, 6) is 1.51. The van der Waals surface area contributed by atoms with Gasteiger partial charge < -0.3 is 14.4 Å². The number of carbonyl (C=O) groups excluding carboxylic acids is 1. The van der Waals surface area contributed by atoms with E-state index in [2.05, 4.69) is 29.0 Å². The van der Waals surface area contributed by atoms with Gasteiger partial charge in [-0.15, -0.1) is 0 Å². The van der Waals surface area contributed by atoms with Gasteiger partial charge in [0.05, 0.1) is 0 Å². The first-order chi connectivity index (χ1) is 10.1. The van der Waals surface area contributed by atoms with E-state index >= 15 is 0 Å². The molecular formula is C17H21N3O. The number of fused-ring (bicyclic) bond motifs is 2. The quantitative estimate of drug-likeness (QED) is 0.798. The van der Waals surface area contributed by atoms with Gasteiger partial charge in [-0.1, -0.05) is 18.2 Å². The lowest BCUT2D eigenvalue weighted by atomic mass is 10.0. The highest BCUT2D eigenvalue weighted by atomic mass is 16.2. The summed E-state index contributed by atoms with van der Waals surface area (Å²) in [6.07, 6.45) is 0. The molecule has 0 bridgehead atoms. The summed E-state index contributed by atoms with van der Waals surface area (Å²) in [7, 11) is 4.16. The molecule has 4 rings (SSSR count). The normalized spacial score (nSPS) is 25.7. The molecule has 0 unspecified atom stereocenters. The maximum absolute atomic E-state index is 12.8. The number of aryl methyl sites for hydroxylation is 1. The summed E-state index contributed by atoms with van der Waals surface area (Å²) in [5.41, 5.74) is 1.93. The minimum Gasteiger partial charge on any atom is -0.340 e. The average molecular weight is 283 g/mol. The summed E-state index contributed by atoms with van der Waals surface area (Å²) in [6.45, 7) is 4.08. The van der Waals surface area contributed by atoms with Crippen molar-refractivity contribution in [2.45, 2.75) is 0 Å². The third-order valence-electron chi connectivity index (χ3n) is 5.13. The van der Waals surface area contributed by atoms with Crippen molar-refractivity contribution in [1.82, 2.24) is 14.4 Å². The lowest BCUT2D eigenvalue weighted by molar-refractivity contribution is 0.0767. The number of aromatic nitrogens is 1. The Morgan fingerprint density at radius 1 is 1.05 bits per heavy atom. The fourth-order valence-corrected chi connectivity index (χ4v) is 4.05. The van der Waals surface area contributed by atoms with Crippen LogP contribution in [0.2, 0.25) is 0 Å². The van der Waals surface area contributed by atoms with Gasteiger partial charge >= 0.3 is 0 Å². The molecule has 21 heavy (non-hydrogen) atoms. The van der Waals surface area contributed by atoms with Gasteiger partial charge in [0.2, 0.25) is 0 Å². The van der Waals surface area contributed by atoms with E-state index in [4.69, 9.17) is 0 Å². The number of hydrogen-bond donors (Lipinski definition) is 0. The van der Waals surface area contributed by atoms with E-state index in [1.165, 1.54) is 0 Å². The molecule has 3 heterocycles. The minimum absolute atomic E-state index is 0.186. The van der Waals surface area contributed by atoms with Crippen LogP contribution in [-0.4, -0.2) is 53.5 Å². The molecule has 1 aromatic carbocycles. The second kappa shape index (κ2) is 4.60. The monoisotopic (exact) mass is 283 g/mol. The van der Waals surface area contributed by atoms with Crippen molar-refractivity contribution in [2.75, 3.05) is 33.2 Å². The maximum Gasteiger partial charge on any atom is 0.270 e. The first-order valence-electron chi connectivity index (χ1n) is 7.66. The lowest BCUT2D eigenvalue weighted by Gasteiger charge is -2.19. The fraction of sp³-hybridized carbons (Fsp3) is 0.471. The molecule has 0 spiro atoms. The number of likely N-dealkylation sites (tertiary alicyclic amines) is 2. The van der Waals surface area contributed by atoms with Crippen LogP contribution in [0.4, 0.5) is 0 Å². The molecule has 2 saturated heterocycles. The van der Waals surface area contributed by atoms with E-state index in [1.807, 2.05) is 29.8 Å². The molecule has 4 heteroatoms. The largest absolute Gasteiger partial charge is 0.340 e. The van der Waals surface area contributed by atoms with Crippen LogP contribution >= 0.6 is 0 Å². The van der Waals surface area contributed by atoms with E-state index in [0.29, 0.717) is 11.8 Å². The Morgan fingerprint density at radius 3 is 2.38 bits per heavy atom. The standard InChI is InChI=1S/C17H21N3O/c1-18-8-13-10-20(11-14(13)9-18)17(21)16-7-12-5-3-4-6-15(12)19(16)2/h3-7,13-14H,8-11H2,1-2H3/t13-,14+. The molecule has 0 saturated carbocycles. The molecule has 110 valence electrons. The lowest BCUT2D eigenvalue weighted by Crippen LogP contribution is -2.33. The highest BCUT2D eigenvalue weighted by Gasteiger charge is 2.40. The molecule has 1 amide bonds. The Labute approximate surface area is 124 Å². The van der Waals surface area contributed by atoms with Crippen molar-refractivity contribution in [2.24, 2.45) is 18.9 Å². The number of rotatable bonds is 1. The van der Waals surface area contributed by atoms with Crippen LogP contribution in [0.3, 0.4) is 0 Å². The number of hydrogen-bond acceptors (Lipinski definition) is 2. The summed E-state index contributed by atoms with van der Waals surface area (Å²) in [6, 6.07) is 10.2. The molecule has 0 aliphatic carbocycles. The van der Waals surface area contributed by atoms with E-state index in [-0.39, 0.29) is 5.91 Å². The van der Waals surface area contributed by atoms with Gasteiger partial charge in [0, 0.05) is 44.1 Å². The topological polar surface area (TPSA) is 28.5 Å². The van der Waals surface area contributed by atoms with Crippen LogP contribution in [-0.2, 0) is 7.05 Å². The van der Waals surface area contributed by atoms with Gasteiger partial charge in [-0.3, -0.25) is 4.79 Å². The molecule has 2 aliphatic rings. The summed E-state index contributed by atoms with van der Waals surface area (Å²) in [4.78, 5) is 17.3. The molecule has 2 aliphatic heterocycles. The van der Waals surface area contributed by atoms with E-state index in [0.717, 1.165) is 42.8 Å². The SMILES string of the molecule is CN1C[C@@H]2CN(C(=O)c3cc4ccccc4n3C)C[C@@H]2C1. The fourth-order valence-electron chi connectivity index (χ4n) is 4.05. The Kier molecular flexibility index (Phi) is 2.82. The molecule has 1 aromatic heterocycles. The highest BCUT2D eigenvalue weighted by molar-refractivity contribution is 5.98. The van der Waals surface area contributed by atoms with Crippen molar-refractivity contribution >= 4 is 16.8 Å². The van der Waals surface area contributed by atoms with Crippen molar-refractivity contribution in [1.29, 1.82) is 0 Å². The molecule has 0 radical (unpaired) electrons. The molecule has 2 atom stereocenters. The first kappa shape index (κ1) is 12.9. The molecule has 4 nitrogen and oxygen atoms in total. The minimum atomic E-state index is 0.186. The molecule has 2 aromatic rings. The van der Waals surface area contributed by atoms with Crippen LogP contribution in [0.15, 0.2) is 30.3 Å². The summed E-state index contributed by atoms with van der Waals surface area (Å²) >= 11 is 0. The van der Waals surface area contributed by atoms with Gasteiger partial charge in [0.25, 0.3) is 5.91 Å². The Bertz CT molecular complexity index is 691. The van der Waals surface area contributed by atoms with E-state index in [9.17, 15) is 4.79 Å². The van der Waals surface area contributed by atoms with Crippen LogP contribution in [0.5, 0.6) is 0 Å². The van der Waals surface area contributed by atoms with Crippen LogP contribution in [0.1, 0.15) is 10.5 Å². The summed E-state index contributed by atoms with van der Waals surface area (Å²) < 4.78 is 2.03. The zero-order chi connectivity index (χ0) is 14.6. The third kappa shape index (κ3) is 1.97. The van der Waals surface area contributed by atoms with Gasteiger partial charge in [-0.2, -0.15) is 0 Å². The third-order valence-corrected chi connectivity index (χ3v) is 5.13. The predicted molar refractivity (Wildman–Crippen MR) is 83.3 cm³/mol. The first-order valence-corrected chi connectivity index (χ1v) is 7.66. The van der Waals surface area contributed by atoms with Crippen molar-refractivity contribution in [3.8, 4) is 0 Å². The average Bonchev–Trinajstić information content (AvgIpc) is 3.10. The molecular weight excluding hydrogens is 262 g/mol. The smallest absolute Gasteiger partial charge is 0.270 e. The van der Waals surface area contributed by atoms with Crippen LogP contribution in [0, 0.1) is 11.8 Å². The van der Waals surface area contributed by atoms with Gasteiger partial charge in [-0.25, -0.2) is 0 Å². The zero-order valence-corrected chi connectivity index (χ0v) is 12.6. The molecule has 2 fully saturated rings. The number of nitrogens with zero attached hydrogens (tertiary/aromatic N) is 3. The summed E-state index contributed by atoms with van der Waals surface area (Å²) in [5, 5.41) is 1.14. The Balaban J connectivity index is 1.61. The second-order valence-electron chi connectivity index (χ2n) is 6.60. The Morgan fingerprint density at radius 2 is 1.71 bits per heavy atom. The van der Waals surface area contributed by atoms with Gasteiger partial charge in [-0.05, 0) is 31.0 Å². The van der Waals surface area contributed by atoms with E-state index in [1.54, 1.807) is 0 Å². The number of para-hydroxylation sites is 1. The van der Waals surface area contributed by atoms with E-state index < -0.39 is 0 Å². The number of amides is 1.